The third kappa shape index (κ3) is 1.92. The molecule has 2 fully saturated rings. The van der Waals surface area contributed by atoms with Crippen molar-refractivity contribution in [2.45, 2.75) is 44.8 Å². The van der Waals surface area contributed by atoms with Gasteiger partial charge in [-0.3, -0.25) is 4.79 Å². The Hall–Kier alpha value is -1.41. The zero-order valence-electron chi connectivity index (χ0n) is 12.7. The smallest absolute Gasteiger partial charge is 0.158 e. The highest BCUT2D eigenvalue weighted by Gasteiger charge is 2.72. The van der Waals surface area contributed by atoms with E-state index in [1.165, 1.54) is 18.4 Å². The summed E-state index contributed by atoms with van der Waals surface area (Å²) in [7, 11) is 0. The van der Waals surface area contributed by atoms with Crippen LogP contribution in [0, 0.1) is 17.8 Å². The van der Waals surface area contributed by atoms with E-state index in [2.05, 4.69) is 43.3 Å². The van der Waals surface area contributed by atoms with E-state index in [9.17, 15) is 4.79 Å². The number of benzene rings is 1. The van der Waals surface area contributed by atoms with Gasteiger partial charge in [-0.05, 0) is 49.5 Å². The molecular weight excluding hydrogens is 260 g/mol. The second-order valence-corrected chi connectivity index (χ2v) is 7.06. The van der Waals surface area contributed by atoms with Crippen LogP contribution in [0.2, 0.25) is 0 Å². The van der Waals surface area contributed by atoms with E-state index in [0.717, 1.165) is 12.0 Å². The highest BCUT2D eigenvalue weighted by molar-refractivity contribution is 5.96. The lowest BCUT2D eigenvalue weighted by Crippen LogP contribution is -2.33. The van der Waals surface area contributed by atoms with E-state index in [1.54, 1.807) is 6.92 Å². The molecule has 5 atom stereocenters. The summed E-state index contributed by atoms with van der Waals surface area (Å²) in [5, 5.41) is 0. The molecular formula is C19H22O2. The van der Waals surface area contributed by atoms with Crippen LogP contribution in [0.3, 0.4) is 0 Å². The topological polar surface area (TPSA) is 29.6 Å². The summed E-state index contributed by atoms with van der Waals surface area (Å²) in [6.45, 7) is 3.91. The van der Waals surface area contributed by atoms with Gasteiger partial charge in [0, 0.05) is 5.57 Å². The van der Waals surface area contributed by atoms with E-state index in [1.807, 2.05) is 0 Å². The fourth-order valence-corrected chi connectivity index (χ4v) is 4.75. The van der Waals surface area contributed by atoms with Crippen LogP contribution in [0.4, 0.5) is 0 Å². The number of carbonyl (C=O) groups excluding carboxylic acids is 1. The van der Waals surface area contributed by atoms with Crippen molar-refractivity contribution >= 4 is 5.78 Å². The summed E-state index contributed by atoms with van der Waals surface area (Å²) in [6.07, 6.45) is 5.88. The second kappa shape index (κ2) is 4.54. The van der Waals surface area contributed by atoms with Gasteiger partial charge in [-0.2, -0.15) is 0 Å². The summed E-state index contributed by atoms with van der Waals surface area (Å²) >= 11 is 0. The number of ketones is 1. The molecule has 1 heterocycles. The number of hydrogen-bond donors (Lipinski definition) is 0. The number of allylic oxidation sites excluding steroid dienone is 1. The molecule has 1 aromatic carbocycles. The summed E-state index contributed by atoms with van der Waals surface area (Å²) in [5.74, 6) is 1.80. The average molecular weight is 282 g/mol. The highest BCUT2D eigenvalue weighted by atomic mass is 16.6. The molecule has 1 aliphatic heterocycles. The van der Waals surface area contributed by atoms with Gasteiger partial charge in [0.05, 0.1) is 6.10 Å². The summed E-state index contributed by atoms with van der Waals surface area (Å²) in [4.78, 5) is 12.0. The van der Waals surface area contributed by atoms with Crippen LogP contribution >= 0.6 is 0 Å². The predicted octanol–water partition coefficient (Wildman–Crippen LogP) is 3.56. The van der Waals surface area contributed by atoms with E-state index in [4.69, 9.17) is 4.74 Å². The van der Waals surface area contributed by atoms with Crippen LogP contribution in [-0.4, -0.2) is 17.5 Å². The molecule has 4 rings (SSSR count). The monoisotopic (exact) mass is 282 g/mol. The quantitative estimate of drug-likeness (QED) is 0.793. The summed E-state index contributed by atoms with van der Waals surface area (Å²) < 4.78 is 6.16. The van der Waals surface area contributed by atoms with Gasteiger partial charge in [-0.15, -0.1) is 0 Å². The molecule has 0 amide bonds. The first kappa shape index (κ1) is 13.3. The van der Waals surface area contributed by atoms with Crippen LogP contribution in [-0.2, 0) is 16.0 Å². The number of ether oxygens (including phenoxy) is 1. The Balaban J connectivity index is 1.60. The SMILES string of the molecule is CC(=O)C1=C[C@H](C)C[C@H]2C[C@H](Cc3ccccc3)[C@@H]3O[C@]123. The standard InChI is InChI=1S/C19H22O2/c1-12-8-16-11-15(10-14-6-4-3-5-7-14)18-19(16,21-18)17(9-12)13(2)20/h3-7,9,12,15-16,18H,8,10-11H2,1-2H3/t12-,15+,16+,18+,19+/m1/s1. The normalized spacial score (nSPS) is 40.2. The minimum absolute atomic E-state index is 0.203. The maximum atomic E-state index is 12.0. The van der Waals surface area contributed by atoms with Crippen molar-refractivity contribution in [3.63, 3.8) is 0 Å². The highest BCUT2D eigenvalue weighted by Crippen LogP contribution is 2.64. The van der Waals surface area contributed by atoms with Crippen molar-refractivity contribution in [2.24, 2.45) is 17.8 Å². The van der Waals surface area contributed by atoms with Gasteiger partial charge in [0.15, 0.2) is 5.78 Å². The van der Waals surface area contributed by atoms with Gasteiger partial charge >= 0.3 is 0 Å². The number of Topliss-reactive ketones (excluding diaryl/α,β-unsaturated/α-hetero) is 1. The van der Waals surface area contributed by atoms with Crippen LogP contribution in [0.1, 0.15) is 32.3 Å². The minimum atomic E-state index is -0.211. The molecule has 21 heavy (non-hydrogen) atoms. The Kier molecular flexibility index (Phi) is 2.87. The fraction of sp³-hybridized carbons (Fsp3) is 0.526. The van der Waals surface area contributed by atoms with Crippen LogP contribution in [0.5, 0.6) is 0 Å². The Morgan fingerprint density at radius 1 is 1.29 bits per heavy atom. The van der Waals surface area contributed by atoms with Crippen molar-refractivity contribution in [1.29, 1.82) is 0 Å². The van der Waals surface area contributed by atoms with E-state index >= 15 is 0 Å². The largest absolute Gasteiger partial charge is 0.360 e. The minimum Gasteiger partial charge on any atom is -0.360 e. The fourth-order valence-electron chi connectivity index (χ4n) is 4.75. The van der Waals surface area contributed by atoms with Crippen molar-refractivity contribution in [3.8, 4) is 0 Å². The van der Waals surface area contributed by atoms with Gasteiger partial charge in [0.2, 0.25) is 0 Å². The number of rotatable bonds is 3. The zero-order chi connectivity index (χ0) is 14.6. The molecule has 110 valence electrons. The third-order valence-corrected chi connectivity index (χ3v) is 5.56. The van der Waals surface area contributed by atoms with Gasteiger partial charge in [0.25, 0.3) is 0 Å². The van der Waals surface area contributed by atoms with Gasteiger partial charge in [-0.25, -0.2) is 0 Å². The predicted molar refractivity (Wildman–Crippen MR) is 81.9 cm³/mol. The lowest BCUT2D eigenvalue weighted by molar-refractivity contribution is -0.114. The molecule has 1 aromatic rings. The maximum Gasteiger partial charge on any atom is 0.158 e. The molecule has 2 nitrogen and oxygen atoms in total. The zero-order valence-corrected chi connectivity index (χ0v) is 12.7. The van der Waals surface area contributed by atoms with Crippen LogP contribution < -0.4 is 0 Å². The molecule has 0 unspecified atom stereocenters. The van der Waals surface area contributed by atoms with Crippen LogP contribution in [0.25, 0.3) is 0 Å². The Morgan fingerprint density at radius 2 is 2.05 bits per heavy atom. The van der Waals surface area contributed by atoms with Crippen molar-refractivity contribution < 1.29 is 9.53 Å². The van der Waals surface area contributed by atoms with Crippen molar-refractivity contribution in [1.82, 2.24) is 0 Å². The molecule has 0 radical (unpaired) electrons. The Labute approximate surface area is 126 Å². The van der Waals surface area contributed by atoms with Crippen LogP contribution in [0.15, 0.2) is 42.0 Å². The first-order chi connectivity index (χ1) is 10.1. The van der Waals surface area contributed by atoms with Crippen molar-refractivity contribution in [3.05, 3.63) is 47.5 Å². The molecule has 0 aromatic heterocycles. The molecule has 1 spiro atoms. The number of hydrogen-bond acceptors (Lipinski definition) is 2. The Bertz CT molecular complexity index is 603. The molecule has 1 saturated carbocycles. The third-order valence-electron chi connectivity index (χ3n) is 5.56. The first-order valence-corrected chi connectivity index (χ1v) is 8.06. The molecule has 3 aliphatic rings. The summed E-state index contributed by atoms with van der Waals surface area (Å²) in [6, 6.07) is 10.7. The second-order valence-electron chi connectivity index (χ2n) is 7.06. The van der Waals surface area contributed by atoms with E-state index in [-0.39, 0.29) is 17.5 Å². The lowest BCUT2D eigenvalue weighted by atomic mass is 9.74. The molecule has 0 bridgehead atoms. The molecule has 1 saturated heterocycles. The Morgan fingerprint density at radius 3 is 2.76 bits per heavy atom. The molecule has 2 heteroatoms. The maximum absolute atomic E-state index is 12.0. The van der Waals surface area contributed by atoms with Gasteiger partial charge in [-0.1, -0.05) is 43.3 Å². The van der Waals surface area contributed by atoms with E-state index in [0.29, 0.717) is 17.8 Å². The van der Waals surface area contributed by atoms with E-state index < -0.39 is 0 Å². The number of epoxide rings is 1. The molecule has 0 N–H and O–H groups in total. The van der Waals surface area contributed by atoms with Crippen molar-refractivity contribution in [2.75, 3.05) is 0 Å². The van der Waals surface area contributed by atoms with Gasteiger partial charge in [0.1, 0.15) is 5.60 Å². The summed E-state index contributed by atoms with van der Waals surface area (Å²) in [5.41, 5.74) is 2.14. The average Bonchev–Trinajstić information content (AvgIpc) is 3.12. The molecule has 2 aliphatic carbocycles. The first-order valence-electron chi connectivity index (χ1n) is 8.06. The lowest BCUT2D eigenvalue weighted by Gasteiger charge is -2.30. The number of carbonyl (C=O) groups is 1. The van der Waals surface area contributed by atoms with Gasteiger partial charge < -0.3 is 4.74 Å².